The molecule has 0 bridgehead atoms. The summed E-state index contributed by atoms with van der Waals surface area (Å²) in [7, 11) is 1.46. The molecule has 0 spiro atoms. The molecule has 2 N–H and O–H groups in total. The Balaban J connectivity index is 1.94. The molecular formula is C17H22FNO2S. The van der Waals surface area contributed by atoms with Crippen LogP contribution in [-0.4, -0.2) is 18.3 Å². The van der Waals surface area contributed by atoms with Crippen LogP contribution >= 0.6 is 11.3 Å². The molecule has 1 aromatic carbocycles. The second-order valence-corrected chi connectivity index (χ2v) is 6.43. The molecule has 0 saturated heterocycles. The van der Waals surface area contributed by atoms with E-state index in [-0.39, 0.29) is 23.7 Å². The van der Waals surface area contributed by atoms with Crippen molar-refractivity contribution in [2.45, 2.75) is 38.5 Å². The lowest BCUT2D eigenvalue weighted by Gasteiger charge is -2.22. The third-order valence-electron chi connectivity index (χ3n) is 3.66. The molecule has 3 unspecified atom stereocenters. The lowest BCUT2D eigenvalue weighted by molar-refractivity contribution is 0.155. The minimum atomic E-state index is -0.461. The van der Waals surface area contributed by atoms with E-state index in [2.05, 4.69) is 5.32 Å². The Labute approximate surface area is 134 Å². The first kappa shape index (κ1) is 16.9. The van der Waals surface area contributed by atoms with Gasteiger partial charge in [-0.15, -0.1) is 11.3 Å². The van der Waals surface area contributed by atoms with Crippen molar-refractivity contribution in [2.75, 3.05) is 7.11 Å². The van der Waals surface area contributed by atoms with Gasteiger partial charge in [0.1, 0.15) is 0 Å². The maximum absolute atomic E-state index is 13.4. The average molecular weight is 323 g/mol. The Kier molecular flexibility index (Phi) is 5.94. The fourth-order valence-electron chi connectivity index (χ4n) is 2.47. The second-order valence-electron chi connectivity index (χ2n) is 5.45. The third kappa shape index (κ3) is 4.29. The summed E-state index contributed by atoms with van der Waals surface area (Å²) in [6.45, 7) is 4.05. The number of rotatable bonds is 7. The molecule has 0 fully saturated rings. The minimum Gasteiger partial charge on any atom is -0.494 e. The van der Waals surface area contributed by atoms with Gasteiger partial charge in [0.2, 0.25) is 0 Å². The van der Waals surface area contributed by atoms with Gasteiger partial charge in [-0.1, -0.05) is 12.1 Å². The average Bonchev–Trinajstić information content (AvgIpc) is 3.01. The smallest absolute Gasteiger partial charge is 0.165 e. The summed E-state index contributed by atoms with van der Waals surface area (Å²) in [5.41, 5.74) is 0.954. The van der Waals surface area contributed by atoms with Gasteiger partial charge in [-0.2, -0.15) is 0 Å². The van der Waals surface area contributed by atoms with Crippen LogP contribution in [0.3, 0.4) is 0 Å². The van der Waals surface area contributed by atoms with Crippen molar-refractivity contribution in [3.63, 3.8) is 0 Å². The number of benzene rings is 1. The van der Waals surface area contributed by atoms with Gasteiger partial charge in [0.05, 0.1) is 13.2 Å². The van der Waals surface area contributed by atoms with Crippen molar-refractivity contribution in [1.82, 2.24) is 5.32 Å². The van der Waals surface area contributed by atoms with Gasteiger partial charge in [0.25, 0.3) is 0 Å². The molecule has 22 heavy (non-hydrogen) atoms. The van der Waals surface area contributed by atoms with Crippen LogP contribution in [0.2, 0.25) is 0 Å². The van der Waals surface area contributed by atoms with Crippen LogP contribution in [0.1, 0.15) is 42.9 Å². The Morgan fingerprint density at radius 1 is 1.32 bits per heavy atom. The van der Waals surface area contributed by atoms with Crippen LogP contribution in [0.25, 0.3) is 0 Å². The van der Waals surface area contributed by atoms with Crippen molar-refractivity contribution in [2.24, 2.45) is 0 Å². The monoisotopic (exact) mass is 323 g/mol. The predicted molar refractivity (Wildman–Crippen MR) is 87.9 cm³/mol. The number of methoxy groups -OCH3 is 1. The van der Waals surface area contributed by atoms with E-state index in [1.807, 2.05) is 31.4 Å². The van der Waals surface area contributed by atoms with E-state index >= 15 is 0 Å². The maximum Gasteiger partial charge on any atom is 0.165 e. The maximum atomic E-state index is 13.4. The first-order valence-corrected chi connectivity index (χ1v) is 8.20. The van der Waals surface area contributed by atoms with Gasteiger partial charge in [-0.25, -0.2) is 4.39 Å². The summed E-state index contributed by atoms with van der Waals surface area (Å²) < 4.78 is 18.5. The Hall–Kier alpha value is -1.43. The molecule has 0 aliphatic carbocycles. The molecule has 0 aliphatic heterocycles. The van der Waals surface area contributed by atoms with Crippen LogP contribution in [0.15, 0.2) is 35.7 Å². The van der Waals surface area contributed by atoms with Crippen molar-refractivity contribution >= 4 is 11.3 Å². The van der Waals surface area contributed by atoms with Crippen molar-refractivity contribution in [1.29, 1.82) is 0 Å². The van der Waals surface area contributed by atoms with Gasteiger partial charge in [0, 0.05) is 17.0 Å². The van der Waals surface area contributed by atoms with E-state index in [9.17, 15) is 9.50 Å². The van der Waals surface area contributed by atoms with E-state index in [0.29, 0.717) is 6.42 Å². The Morgan fingerprint density at radius 3 is 2.73 bits per heavy atom. The van der Waals surface area contributed by atoms with Gasteiger partial charge in [0.15, 0.2) is 11.6 Å². The zero-order valence-electron chi connectivity index (χ0n) is 13.0. The van der Waals surface area contributed by atoms with Gasteiger partial charge < -0.3 is 15.2 Å². The largest absolute Gasteiger partial charge is 0.494 e. The molecular weight excluding hydrogens is 301 g/mol. The summed E-state index contributed by atoms with van der Waals surface area (Å²) in [6, 6.07) is 8.92. The highest BCUT2D eigenvalue weighted by Crippen LogP contribution is 2.25. The van der Waals surface area contributed by atoms with Crippen molar-refractivity contribution < 1.29 is 14.2 Å². The summed E-state index contributed by atoms with van der Waals surface area (Å²) in [4.78, 5) is 0.977. The number of thiophene rings is 1. The van der Waals surface area contributed by atoms with Crippen molar-refractivity contribution in [3.8, 4) is 5.75 Å². The highest BCUT2D eigenvalue weighted by Gasteiger charge is 2.16. The van der Waals surface area contributed by atoms with E-state index in [4.69, 9.17) is 4.74 Å². The summed E-state index contributed by atoms with van der Waals surface area (Å²) >= 11 is 1.56. The predicted octanol–water partition coefficient (Wildman–Crippen LogP) is 4.06. The lowest BCUT2D eigenvalue weighted by Crippen LogP contribution is -2.30. The summed E-state index contributed by atoms with van der Waals surface area (Å²) in [5.74, 6) is -0.114. The number of hydrogen-bond acceptors (Lipinski definition) is 4. The fraction of sp³-hybridized carbons (Fsp3) is 0.412. The Morgan fingerprint density at radius 2 is 2.09 bits per heavy atom. The van der Waals surface area contributed by atoms with Crippen LogP contribution in [0.4, 0.5) is 4.39 Å². The number of nitrogens with one attached hydrogen (secondary N) is 1. The molecule has 0 saturated carbocycles. The molecule has 0 aliphatic rings. The number of ether oxygens (including phenoxy) is 1. The molecule has 1 aromatic heterocycles. The number of aliphatic hydroxyl groups is 1. The first-order chi connectivity index (χ1) is 10.5. The fourth-order valence-corrected chi connectivity index (χ4v) is 3.19. The summed E-state index contributed by atoms with van der Waals surface area (Å²) in [6.07, 6.45) is 0.167. The van der Waals surface area contributed by atoms with Gasteiger partial charge in [-0.3, -0.25) is 0 Å². The molecule has 3 nitrogen and oxygen atoms in total. The molecule has 0 radical (unpaired) electrons. The Bertz CT molecular complexity index is 588. The number of aliphatic hydroxyl groups excluding tert-OH is 1. The zero-order valence-corrected chi connectivity index (χ0v) is 13.9. The van der Waals surface area contributed by atoms with Crippen LogP contribution in [0.5, 0.6) is 5.75 Å². The normalized spacial score (nSPS) is 15.3. The molecule has 120 valence electrons. The van der Waals surface area contributed by atoms with E-state index < -0.39 is 6.10 Å². The van der Waals surface area contributed by atoms with E-state index in [0.717, 1.165) is 10.4 Å². The third-order valence-corrected chi connectivity index (χ3v) is 4.63. The highest BCUT2D eigenvalue weighted by molar-refractivity contribution is 7.10. The van der Waals surface area contributed by atoms with Crippen LogP contribution in [0, 0.1) is 5.82 Å². The summed E-state index contributed by atoms with van der Waals surface area (Å²) in [5, 5.41) is 15.6. The van der Waals surface area contributed by atoms with Crippen LogP contribution < -0.4 is 10.1 Å². The quantitative estimate of drug-likeness (QED) is 0.807. The molecule has 2 rings (SSSR count). The zero-order chi connectivity index (χ0) is 16.1. The molecule has 0 amide bonds. The molecule has 3 atom stereocenters. The van der Waals surface area contributed by atoms with Gasteiger partial charge >= 0.3 is 0 Å². The SMILES string of the molecule is COc1cc(C(C)NC(C)CC(O)c2cccs2)ccc1F. The molecule has 1 heterocycles. The van der Waals surface area contributed by atoms with Crippen LogP contribution in [-0.2, 0) is 0 Å². The standard InChI is InChI=1S/C17H22FNO2S/c1-11(9-15(20)17-5-4-8-22-17)19-12(2)13-6-7-14(18)16(10-13)21-3/h4-8,10-12,15,19-20H,9H2,1-3H3. The second kappa shape index (κ2) is 7.72. The molecule has 5 heteroatoms. The topological polar surface area (TPSA) is 41.5 Å². The van der Waals surface area contributed by atoms with Gasteiger partial charge in [-0.05, 0) is 49.4 Å². The lowest BCUT2D eigenvalue weighted by atomic mass is 10.0. The van der Waals surface area contributed by atoms with E-state index in [1.54, 1.807) is 23.5 Å². The van der Waals surface area contributed by atoms with E-state index in [1.165, 1.54) is 13.2 Å². The highest BCUT2D eigenvalue weighted by atomic mass is 32.1. The number of hydrogen-bond donors (Lipinski definition) is 2. The minimum absolute atomic E-state index is 0.0417. The number of halogens is 1. The molecule has 2 aromatic rings. The van der Waals surface area contributed by atoms with Crippen molar-refractivity contribution in [3.05, 3.63) is 52.0 Å². The first-order valence-electron chi connectivity index (χ1n) is 7.32.